The molecule has 11 nitrogen and oxygen atoms in total. The van der Waals surface area contributed by atoms with Crippen molar-refractivity contribution in [1.82, 2.24) is 21.3 Å². The summed E-state index contributed by atoms with van der Waals surface area (Å²) >= 11 is 0. The number of nitrogens with one attached hydrogen (secondary N) is 4. The Bertz CT molecular complexity index is 1560. The summed E-state index contributed by atoms with van der Waals surface area (Å²) in [4.78, 5) is 53.6. The number of fused-ring (bicyclic) bond motifs is 1. The van der Waals surface area contributed by atoms with E-state index in [2.05, 4.69) is 21.3 Å². The van der Waals surface area contributed by atoms with Crippen molar-refractivity contribution in [2.45, 2.75) is 104 Å². The van der Waals surface area contributed by atoms with Gasteiger partial charge in [0.25, 0.3) is 0 Å². The zero-order valence-corrected chi connectivity index (χ0v) is 30.7. The van der Waals surface area contributed by atoms with Crippen LogP contribution in [-0.4, -0.2) is 70.9 Å². The number of benzene rings is 3. The number of rotatable bonds is 19. The lowest BCUT2D eigenvalue weighted by atomic mass is 9.94. The summed E-state index contributed by atoms with van der Waals surface area (Å²) < 4.78 is 5.45. The second-order valence-corrected chi connectivity index (χ2v) is 14.1. The van der Waals surface area contributed by atoms with Crippen LogP contribution in [0.15, 0.2) is 72.8 Å². The van der Waals surface area contributed by atoms with Crippen molar-refractivity contribution >= 4 is 34.6 Å². The molecule has 0 fully saturated rings. The fourth-order valence-corrected chi connectivity index (χ4v) is 5.94. The first-order valence-electron chi connectivity index (χ1n) is 18.0. The summed E-state index contributed by atoms with van der Waals surface area (Å²) in [6.07, 6.45) is -0.987. The lowest BCUT2D eigenvalue weighted by Gasteiger charge is -2.30. The van der Waals surface area contributed by atoms with E-state index >= 15 is 0 Å². The topological polar surface area (TPSA) is 166 Å². The standard InChI is InChI=1S/C40H56N4O7/c1-7-27(6)34(23-45)41-36(47)22-35(46)32(20-25(2)3)42-39(49)37(26(4)5)44-38(48)33(43-40(50)51-24-28-14-9-8-10-15-28)21-30-18-13-17-29-16-11-12-19-31(29)30/h8-19,25-27,32-35,37,45-46H,7,20-24H2,1-6H3,(H,41,47)(H,42,49)(H,43,50)(H,44,48)/t27-,32-,33-,34+,35-,37-/m0/s1. The summed E-state index contributed by atoms with van der Waals surface area (Å²) in [5, 5.41) is 34.0. The molecule has 4 amide bonds. The number of aliphatic hydroxyl groups is 2. The molecule has 0 bridgehead atoms. The number of hydrogen-bond acceptors (Lipinski definition) is 7. The van der Waals surface area contributed by atoms with Crippen molar-refractivity contribution in [2.24, 2.45) is 17.8 Å². The molecule has 3 aromatic carbocycles. The van der Waals surface area contributed by atoms with Gasteiger partial charge in [-0.1, -0.05) is 121 Å². The van der Waals surface area contributed by atoms with Gasteiger partial charge in [0, 0.05) is 6.42 Å². The van der Waals surface area contributed by atoms with E-state index in [1.54, 1.807) is 13.8 Å². The molecule has 0 heterocycles. The molecule has 0 aliphatic rings. The fraction of sp³-hybridized carbons (Fsp3) is 0.500. The molecule has 6 N–H and O–H groups in total. The van der Waals surface area contributed by atoms with Crippen molar-refractivity contribution in [2.75, 3.05) is 6.61 Å². The third-order valence-corrected chi connectivity index (χ3v) is 9.16. The van der Waals surface area contributed by atoms with E-state index < -0.39 is 54.1 Å². The largest absolute Gasteiger partial charge is 0.445 e. The molecule has 0 unspecified atom stereocenters. The molecule has 0 radical (unpaired) electrons. The number of amides is 4. The lowest BCUT2D eigenvalue weighted by Crippen LogP contribution is -2.58. The lowest BCUT2D eigenvalue weighted by molar-refractivity contribution is -0.132. The third kappa shape index (κ3) is 13.0. The van der Waals surface area contributed by atoms with Gasteiger partial charge in [0.2, 0.25) is 17.7 Å². The van der Waals surface area contributed by atoms with Crippen LogP contribution in [0.4, 0.5) is 4.79 Å². The highest BCUT2D eigenvalue weighted by molar-refractivity contribution is 5.93. The predicted octanol–water partition coefficient (Wildman–Crippen LogP) is 4.62. The summed E-state index contributed by atoms with van der Waals surface area (Å²) in [6, 6.07) is 19.4. The van der Waals surface area contributed by atoms with E-state index in [0.29, 0.717) is 6.42 Å². The van der Waals surface area contributed by atoms with Crippen molar-refractivity contribution in [3.05, 3.63) is 83.9 Å². The Balaban J connectivity index is 1.78. The minimum atomic E-state index is -1.21. The summed E-state index contributed by atoms with van der Waals surface area (Å²) in [7, 11) is 0. The van der Waals surface area contributed by atoms with Gasteiger partial charge in [-0.3, -0.25) is 14.4 Å². The molecule has 6 atom stereocenters. The smallest absolute Gasteiger partial charge is 0.408 e. The Hall–Kier alpha value is -4.48. The first-order chi connectivity index (χ1) is 24.3. The van der Waals surface area contributed by atoms with Gasteiger partial charge < -0.3 is 36.2 Å². The van der Waals surface area contributed by atoms with Gasteiger partial charge in [0.15, 0.2) is 0 Å². The molecular weight excluding hydrogens is 648 g/mol. The molecule has 3 rings (SSSR count). The second-order valence-electron chi connectivity index (χ2n) is 14.1. The van der Waals surface area contributed by atoms with Crippen LogP contribution in [0.3, 0.4) is 0 Å². The highest BCUT2D eigenvalue weighted by Gasteiger charge is 2.33. The summed E-state index contributed by atoms with van der Waals surface area (Å²) in [5.41, 5.74) is 1.62. The molecule has 0 aromatic heterocycles. The van der Waals surface area contributed by atoms with Crippen molar-refractivity contribution in [3.8, 4) is 0 Å². The van der Waals surface area contributed by atoms with E-state index in [0.717, 1.165) is 28.3 Å². The molecule has 0 spiro atoms. The average Bonchev–Trinajstić information content (AvgIpc) is 3.11. The zero-order chi connectivity index (χ0) is 37.5. The molecule has 278 valence electrons. The van der Waals surface area contributed by atoms with Crippen LogP contribution in [0.1, 0.15) is 71.9 Å². The monoisotopic (exact) mass is 704 g/mol. The van der Waals surface area contributed by atoms with Crippen LogP contribution in [0, 0.1) is 17.8 Å². The van der Waals surface area contributed by atoms with Crippen molar-refractivity contribution in [3.63, 3.8) is 0 Å². The quantitative estimate of drug-likeness (QED) is 0.106. The van der Waals surface area contributed by atoms with Gasteiger partial charge in [0.1, 0.15) is 18.7 Å². The molecule has 11 heteroatoms. The van der Waals surface area contributed by atoms with E-state index in [1.807, 2.05) is 100 Å². The highest BCUT2D eigenvalue weighted by atomic mass is 16.5. The Morgan fingerprint density at radius 3 is 2.08 bits per heavy atom. The van der Waals surface area contributed by atoms with Gasteiger partial charge in [-0.25, -0.2) is 4.79 Å². The van der Waals surface area contributed by atoms with Gasteiger partial charge in [-0.15, -0.1) is 0 Å². The minimum absolute atomic E-state index is 0.0161. The average molecular weight is 705 g/mol. The molecule has 0 aliphatic heterocycles. The van der Waals surface area contributed by atoms with E-state index in [4.69, 9.17) is 4.74 Å². The maximum Gasteiger partial charge on any atom is 0.408 e. The van der Waals surface area contributed by atoms with Gasteiger partial charge in [-0.05, 0) is 46.1 Å². The molecule has 0 saturated carbocycles. The number of carbonyl (C=O) groups excluding carboxylic acids is 4. The number of ether oxygens (including phenoxy) is 1. The van der Waals surface area contributed by atoms with E-state index in [-0.39, 0.29) is 43.8 Å². The normalized spacial score (nSPS) is 14.9. The van der Waals surface area contributed by atoms with E-state index in [1.165, 1.54) is 0 Å². The van der Waals surface area contributed by atoms with Gasteiger partial charge >= 0.3 is 6.09 Å². The molecule has 3 aromatic rings. The number of hydrogen-bond donors (Lipinski definition) is 6. The number of carbonyl (C=O) groups is 4. The molecular formula is C40H56N4O7. The number of alkyl carbamates (subject to hydrolysis) is 1. The first kappa shape index (κ1) is 40.9. The van der Waals surface area contributed by atoms with Gasteiger partial charge in [0.05, 0.1) is 31.2 Å². The number of aliphatic hydroxyl groups excluding tert-OH is 2. The predicted molar refractivity (Wildman–Crippen MR) is 198 cm³/mol. The van der Waals surface area contributed by atoms with Crippen LogP contribution >= 0.6 is 0 Å². The van der Waals surface area contributed by atoms with Crippen LogP contribution in [0.25, 0.3) is 10.8 Å². The maximum absolute atomic E-state index is 14.0. The molecule has 0 aliphatic carbocycles. The summed E-state index contributed by atoms with van der Waals surface area (Å²) in [5.74, 6) is -1.78. The Morgan fingerprint density at radius 1 is 0.765 bits per heavy atom. The fourth-order valence-electron chi connectivity index (χ4n) is 5.94. The van der Waals surface area contributed by atoms with E-state index in [9.17, 15) is 29.4 Å². The maximum atomic E-state index is 14.0. The third-order valence-electron chi connectivity index (χ3n) is 9.16. The van der Waals surface area contributed by atoms with Crippen LogP contribution in [0.2, 0.25) is 0 Å². The second kappa shape index (κ2) is 20.4. The van der Waals surface area contributed by atoms with Crippen LogP contribution in [-0.2, 0) is 32.1 Å². The highest BCUT2D eigenvalue weighted by Crippen LogP contribution is 2.21. The van der Waals surface area contributed by atoms with Crippen LogP contribution < -0.4 is 21.3 Å². The zero-order valence-electron chi connectivity index (χ0n) is 30.7. The Morgan fingerprint density at radius 2 is 1.43 bits per heavy atom. The SMILES string of the molecule is CC[C@H](C)[C@@H](CO)NC(=O)C[C@H](O)[C@H](CC(C)C)NC(=O)[C@@H](NC(=O)[C@H](Cc1cccc2ccccc12)NC(=O)OCc1ccccc1)C(C)C. The minimum Gasteiger partial charge on any atom is -0.445 e. The molecule has 51 heavy (non-hydrogen) atoms. The van der Waals surface area contributed by atoms with Crippen molar-refractivity contribution in [1.29, 1.82) is 0 Å². The van der Waals surface area contributed by atoms with Crippen molar-refractivity contribution < 1.29 is 34.1 Å². The van der Waals surface area contributed by atoms with Gasteiger partial charge in [-0.2, -0.15) is 0 Å². The molecule has 0 saturated heterocycles. The summed E-state index contributed by atoms with van der Waals surface area (Å²) in [6.45, 7) is 11.1. The first-order valence-corrected chi connectivity index (χ1v) is 18.0. The Labute approximate surface area is 301 Å². The Kier molecular flexibility index (Phi) is 16.4. The van der Waals surface area contributed by atoms with Crippen LogP contribution in [0.5, 0.6) is 0 Å².